The molecule has 188 valence electrons. The van der Waals surface area contributed by atoms with E-state index in [4.69, 9.17) is 6.58 Å². The van der Waals surface area contributed by atoms with Crippen molar-refractivity contribution in [2.45, 2.75) is 24.8 Å². The van der Waals surface area contributed by atoms with Gasteiger partial charge in [0.2, 0.25) is 23.1 Å². The Labute approximate surface area is 234 Å². The van der Waals surface area contributed by atoms with Crippen LogP contribution in [0.25, 0.3) is 39.3 Å². The van der Waals surface area contributed by atoms with Crippen molar-refractivity contribution in [1.82, 2.24) is 0 Å². The summed E-state index contributed by atoms with van der Waals surface area (Å²) in [5.41, 5.74) is 10.6. The molecule has 7 rings (SSSR count). The third-order valence-corrected chi connectivity index (χ3v) is 8.44. The van der Waals surface area contributed by atoms with Crippen LogP contribution in [0.3, 0.4) is 0 Å². The van der Waals surface area contributed by atoms with Gasteiger partial charge in [0.05, 0.1) is 28.7 Å². The van der Waals surface area contributed by atoms with Crippen LogP contribution in [-0.4, -0.2) is 0 Å². The molecule has 2 unspecified atom stereocenters. The second-order valence-electron chi connectivity index (χ2n) is 10.4. The van der Waals surface area contributed by atoms with Gasteiger partial charge in [-0.1, -0.05) is 48.5 Å². The summed E-state index contributed by atoms with van der Waals surface area (Å²) in [5, 5.41) is 20.4. The summed E-state index contributed by atoms with van der Waals surface area (Å²) in [6.45, 7) is 4.72. The third kappa shape index (κ3) is 3.58. The molecule has 0 spiro atoms. The number of hydrogen-bond donors (Lipinski definition) is 0. The number of fused-ring (bicyclic) bond motifs is 9. The van der Waals surface area contributed by atoms with E-state index in [0.717, 1.165) is 45.8 Å². The Hall–Kier alpha value is -5.32. The van der Waals surface area contributed by atoms with Crippen LogP contribution in [-0.2, 0) is 6.42 Å². The average Bonchev–Trinajstić information content (AvgIpc) is 3.07. The van der Waals surface area contributed by atoms with Gasteiger partial charge in [-0.3, -0.25) is 0 Å². The standard InChI is InChI=1S/C36H26N4/c1-24-36-32(30-11-5-6-12-31(30)33-13-7-8-19-40(33)36)17-16-29-27(22-37)14-15-28(23-38)35(29)34-21-26(18-20-39(24)34)25-9-3-2-4-10-25/h2-15,18-21,32,36H,1,16-17H2/q+2. The molecule has 2 aliphatic rings. The van der Waals surface area contributed by atoms with Crippen LogP contribution in [0.1, 0.15) is 40.6 Å². The van der Waals surface area contributed by atoms with E-state index in [1.54, 1.807) is 12.1 Å². The summed E-state index contributed by atoms with van der Waals surface area (Å²) in [4.78, 5) is 0. The highest BCUT2D eigenvalue weighted by molar-refractivity contribution is 5.77. The molecule has 4 nitrogen and oxygen atoms in total. The van der Waals surface area contributed by atoms with E-state index in [2.05, 4.69) is 100 Å². The molecule has 0 fully saturated rings. The summed E-state index contributed by atoms with van der Waals surface area (Å²) in [7, 11) is 0. The molecule has 0 bridgehead atoms. The number of rotatable bonds is 1. The lowest BCUT2D eigenvalue weighted by Crippen LogP contribution is -2.53. The first-order valence-electron chi connectivity index (χ1n) is 13.6. The molecule has 4 heteroatoms. The lowest BCUT2D eigenvalue weighted by Gasteiger charge is -2.29. The topological polar surface area (TPSA) is 55.3 Å². The first-order chi connectivity index (χ1) is 19.7. The number of hydrogen-bond acceptors (Lipinski definition) is 2. The fourth-order valence-electron chi connectivity index (χ4n) is 6.64. The summed E-state index contributed by atoms with van der Waals surface area (Å²) in [6, 6.07) is 37.9. The zero-order valence-corrected chi connectivity index (χ0v) is 22.0. The van der Waals surface area contributed by atoms with Crippen LogP contribution in [0.2, 0.25) is 0 Å². The van der Waals surface area contributed by atoms with Crippen molar-refractivity contribution < 1.29 is 9.13 Å². The lowest BCUT2D eigenvalue weighted by atomic mass is 9.78. The summed E-state index contributed by atoms with van der Waals surface area (Å²) < 4.78 is 4.50. The molecule has 2 aromatic heterocycles. The Morgan fingerprint density at radius 1 is 0.725 bits per heavy atom. The highest BCUT2D eigenvalue weighted by Gasteiger charge is 2.47. The van der Waals surface area contributed by atoms with Crippen LogP contribution in [0.15, 0.2) is 116 Å². The van der Waals surface area contributed by atoms with Gasteiger partial charge >= 0.3 is 0 Å². The fraction of sp³-hybridized carbons (Fsp3) is 0.111. The van der Waals surface area contributed by atoms with Gasteiger partial charge in [-0.05, 0) is 65.9 Å². The molecule has 0 saturated heterocycles. The molecule has 2 aliphatic heterocycles. The highest BCUT2D eigenvalue weighted by atomic mass is 15.1. The summed E-state index contributed by atoms with van der Waals surface area (Å²) in [6.07, 6.45) is 5.72. The Balaban J connectivity index is 1.55. The van der Waals surface area contributed by atoms with Crippen molar-refractivity contribution in [2.75, 3.05) is 0 Å². The van der Waals surface area contributed by atoms with E-state index in [-0.39, 0.29) is 12.0 Å². The SMILES string of the molecule is C=C1C2C(CCc3c(C#N)ccc(C#N)c3-c3cc(-c4ccccc4)cc[n+]31)c1ccccc1-c1cccc[n+]12. The second kappa shape index (κ2) is 9.45. The summed E-state index contributed by atoms with van der Waals surface area (Å²) >= 11 is 0. The molecule has 4 heterocycles. The fourth-order valence-corrected chi connectivity index (χ4v) is 6.64. The van der Waals surface area contributed by atoms with Gasteiger partial charge in [-0.25, -0.2) is 0 Å². The predicted molar refractivity (Wildman–Crippen MR) is 154 cm³/mol. The maximum absolute atomic E-state index is 10.3. The van der Waals surface area contributed by atoms with Crippen molar-refractivity contribution in [1.29, 1.82) is 10.5 Å². The van der Waals surface area contributed by atoms with E-state index in [1.807, 2.05) is 18.2 Å². The van der Waals surface area contributed by atoms with Crippen LogP contribution in [0.4, 0.5) is 0 Å². The highest BCUT2D eigenvalue weighted by Crippen LogP contribution is 2.45. The van der Waals surface area contributed by atoms with Crippen molar-refractivity contribution in [3.63, 3.8) is 0 Å². The first kappa shape index (κ1) is 23.8. The molecule has 5 aromatic rings. The molecule has 0 aliphatic carbocycles. The van der Waals surface area contributed by atoms with E-state index in [0.29, 0.717) is 17.5 Å². The number of nitrogens with zero attached hydrogens (tertiary/aromatic N) is 4. The predicted octanol–water partition coefficient (Wildman–Crippen LogP) is 6.76. The van der Waals surface area contributed by atoms with Gasteiger partial charge in [0.15, 0.2) is 12.4 Å². The van der Waals surface area contributed by atoms with Gasteiger partial charge in [-0.15, -0.1) is 0 Å². The molecule has 0 N–H and O–H groups in total. The average molecular weight is 515 g/mol. The molecular formula is C36H26N4+2. The summed E-state index contributed by atoms with van der Waals surface area (Å²) in [5.74, 6) is 0.140. The number of benzene rings is 3. The van der Waals surface area contributed by atoms with E-state index in [9.17, 15) is 10.5 Å². The minimum Gasteiger partial charge on any atom is -0.192 e. The second-order valence-corrected chi connectivity index (χ2v) is 10.4. The van der Waals surface area contributed by atoms with E-state index >= 15 is 0 Å². The van der Waals surface area contributed by atoms with Gasteiger partial charge in [0.25, 0.3) is 0 Å². The van der Waals surface area contributed by atoms with Crippen LogP contribution in [0.5, 0.6) is 0 Å². The number of nitriles is 2. The van der Waals surface area contributed by atoms with Crippen LogP contribution in [0, 0.1) is 22.7 Å². The van der Waals surface area contributed by atoms with Gasteiger partial charge < -0.3 is 0 Å². The quantitative estimate of drug-likeness (QED) is 0.232. The monoisotopic (exact) mass is 514 g/mol. The minimum atomic E-state index is -0.0391. The number of aromatic nitrogens is 2. The molecule has 2 atom stereocenters. The van der Waals surface area contributed by atoms with Crippen molar-refractivity contribution in [2.24, 2.45) is 0 Å². The molecule has 0 radical (unpaired) electrons. The Morgan fingerprint density at radius 3 is 2.30 bits per heavy atom. The van der Waals surface area contributed by atoms with Gasteiger partial charge in [0.1, 0.15) is 6.07 Å². The third-order valence-electron chi connectivity index (χ3n) is 8.44. The Kier molecular flexibility index (Phi) is 5.62. The molecule has 3 aromatic carbocycles. The zero-order valence-electron chi connectivity index (χ0n) is 22.0. The van der Waals surface area contributed by atoms with Crippen molar-refractivity contribution in [3.05, 3.63) is 138 Å². The van der Waals surface area contributed by atoms with E-state index < -0.39 is 0 Å². The molecule has 0 saturated carbocycles. The largest absolute Gasteiger partial charge is 0.249 e. The smallest absolute Gasteiger partial charge is 0.192 e. The van der Waals surface area contributed by atoms with Crippen molar-refractivity contribution in [3.8, 4) is 45.8 Å². The van der Waals surface area contributed by atoms with Crippen LogP contribution < -0.4 is 9.13 Å². The lowest BCUT2D eigenvalue weighted by molar-refractivity contribution is -0.727. The van der Waals surface area contributed by atoms with E-state index in [1.165, 1.54) is 11.1 Å². The molecule has 40 heavy (non-hydrogen) atoms. The minimum absolute atomic E-state index is 0.0391. The van der Waals surface area contributed by atoms with Gasteiger partial charge in [-0.2, -0.15) is 19.7 Å². The maximum atomic E-state index is 10.3. The zero-order chi connectivity index (χ0) is 27.2. The Bertz CT molecular complexity index is 1910. The number of pyridine rings is 2. The van der Waals surface area contributed by atoms with Crippen LogP contribution >= 0.6 is 0 Å². The first-order valence-corrected chi connectivity index (χ1v) is 13.6. The van der Waals surface area contributed by atoms with Gasteiger partial charge in [0, 0.05) is 29.8 Å². The number of allylic oxidation sites excluding steroid dienone is 1. The maximum Gasteiger partial charge on any atom is 0.249 e. The molecular weight excluding hydrogens is 488 g/mol. The molecule has 0 amide bonds. The van der Waals surface area contributed by atoms with Crippen molar-refractivity contribution >= 4 is 5.70 Å². The Morgan fingerprint density at radius 2 is 1.48 bits per heavy atom. The normalized spacial score (nSPS) is 16.8.